The first kappa shape index (κ1) is 13.6. The number of aliphatic hydroxyl groups excluding tert-OH is 1. The Labute approximate surface area is 113 Å². The first-order valence-electron chi connectivity index (χ1n) is 6.40. The van der Waals surface area contributed by atoms with Crippen molar-refractivity contribution in [1.29, 1.82) is 0 Å². The Bertz CT molecular complexity index is 585. The highest BCUT2D eigenvalue weighted by atomic mass is 16.3. The summed E-state index contributed by atoms with van der Waals surface area (Å²) in [6.07, 6.45) is 0. The third-order valence-electron chi connectivity index (χ3n) is 3.19. The van der Waals surface area contributed by atoms with Crippen LogP contribution in [0.1, 0.15) is 24.2 Å². The Hall–Kier alpha value is -1.87. The van der Waals surface area contributed by atoms with Crippen LogP contribution in [0.3, 0.4) is 0 Å². The summed E-state index contributed by atoms with van der Waals surface area (Å²) in [5.74, 6) is -0.0988. The van der Waals surface area contributed by atoms with E-state index in [0.29, 0.717) is 12.1 Å². The number of hydrogen-bond acceptors (Lipinski definition) is 2. The van der Waals surface area contributed by atoms with Crippen molar-refractivity contribution in [3.8, 4) is 0 Å². The SMILES string of the molecule is CC(C)(CO)CNC(=O)c1cccc2ccccc12. The molecular weight excluding hydrogens is 238 g/mol. The zero-order valence-corrected chi connectivity index (χ0v) is 11.3. The van der Waals surface area contributed by atoms with Gasteiger partial charge in [0, 0.05) is 24.1 Å². The minimum Gasteiger partial charge on any atom is -0.396 e. The molecule has 19 heavy (non-hydrogen) atoms. The van der Waals surface area contributed by atoms with Crippen molar-refractivity contribution in [2.24, 2.45) is 5.41 Å². The van der Waals surface area contributed by atoms with Gasteiger partial charge in [-0.3, -0.25) is 4.79 Å². The van der Waals surface area contributed by atoms with Gasteiger partial charge >= 0.3 is 0 Å². The van der Waals surface area contributed by atoms with Crippen LogP contribution >= 0.6 is 0 Å². The molecule has 0 unspecified atom stereocenters. The lowest BCUT2D eigenvalue weighted by atomic mass is 9.94. The Morgan fingerprint density at radius 1 is 1.16 bits per heavy atom. The number of hydrogen-bond donors (Lipinski definition) is 2. The molecular formula is C16H19NO2. The maximum atomic E-state index is 12.2. The molecule has 0 bridgehead atoms. The molecule has 0 aliphatic rings. The number of carbonyl (C=O) groups excluding carboxylic acids is 1. The Morgan fingerprint density at radius 3 is 2.58 bits per heavy atom. The van der Waals surface area contributed by atoms with Crippen molar-refractivity contribution in [2.45, 2.75) is 13.8 Å². The normalized spacial score (nSPS) is 11.5. The van der Waals surface area contributed by atoms with E-state index >= 15 is 0 Å². The smallest absolute Gasteiger partial charge is 0.251 e. The van der Waals surface area contributed by atoms with Crippen molar-refractivity contribution in [1.82, 2.24) is 5.32 Å². The minimum atomic E-state index is -0.305. The number of fused-ring (bicyclic) bond motifs is 1. The number of benzene rings is 2. The zero-order chi connectivity index (χ0) is 13.9. The van der Waals surface area contributed by atoms with Crippen molar-refractivity contribution >= 4 is 16.7 Å². The minimum absolute atomic E-state index is 0.0445. The molecule has 0 saturated heterocycles. The maximum Gasteiger partial charge on any atom is 0.251 e. The van der Waals surface area contributed by atoms with E-state index < -0.39 is 0 Å². The van der Waals surface area contributed by atoms with Crippen LogP contribution in [-0.4, -0.2) is 24.2 Å². The first-order chi connectivity index (χ1) is 9.03. The van der Waals surface area contributed by atoms with Crippen molar-refractivity contribution in [3.63, 3.8) is 0 Å². The number of amides is 1. The van der Waals surface area contributed by atoms with E-state index in [-0.39, 0.29) is 17.9 Å². The van der Waals surface area contributed by atoms with Gasteiger partial charge in [0.2, 0.25) is 0 Å². The van der Waals surface area contributed by atoms with Crippen LogP contribution in [-0.2, 0) is 0 Å². The molecule has 1 amide bonds. The van der Waals surface area contributed by atoms with Crippen LogP contribution in [0.4, 0.5) is 0 Å². The summed E-state index contributed by atoms with van der Waals surface area (Å²) in [6.45, 7) is 4.32. The average molecular weight is 257 g/mol. The summed E-state index contributed by atoms with van der Waals surface area (Å²) in [5.41, 5.74) is 0.368. The number of nitrogens with one attached hydrogen (secondary N) is 1. The average Bonchev–Trinajstić information content (AvgIpc) is 2.44. The largest absolute Gasteiger partial charge is 0.396 e. The van der Waals surface area contributed by atoms with E-state index in [0.717, 1.165) is 10.8 Å². The molecule has 3 nitrogen and oxygen atoms in total. The maximum absolute atomic E-state index is 12.2. The van der Waals surface area contributed by atoms with Gasteiger partial charge in [0.25, 0.3) is 5.91 Å². The fraction of sp³-hybridized carbons (Fsp3) is 0.312. The van der Waals surface area contributed by atoms with E-state index in [1.165, 1.54) is 0 Å². The van der Waals surface area contributed by atoms with Crippen LogP contribution in [0.2, 0.25) is 0 Å². The summed E-state index contributed by atoms with van der Waals surface area (Å²) < 4.78 is 0. The van der Waals surface area contributed by atoms with Crippen LogP contribution in [0.15, 0.2) is 42.5 Å². The molecule has 0 heterocycles. The van der Waals surface area contributed by atoms with Gasteiger partial charge in [-0.2, -0.15) is 0 Å². The van der Waals surface area contributed by atoms with Crippen molar-refractivity contribution in [2.75, 3.05) is 13.2 Å². The molecule has 0 atom stereocenters. The standard InChI is InChI=1S/C16H19NO2/c1-16(2,11-18)10-17-15(19)14-9-5-7-12-6-3-4-8-13(12)14/h3-9,18H,10-11H2,1-2H3,(H,17,19). The number of aliphatic hydroxyl groups is 1. The lowest BCUT2D eigenvalue weighted by molar-refractivity contribution is 0.0912. The lowest BCUT2D eigenvalue weighted by Crippen LogP contribution is -2.36. The molecule has 0 saturated carbocycles. The quantitative estimate of drug-likeness (QED) is 0.884. The van der Waals surface area contributed by atoms with Crippen LogP contribution in [0.5, 0.6) is 0 Å². The van der Waals surface area contributed by atoms with E-state index in [1.807, 2.05) is 56.3 Å². The molecule has 0 fully saturated rings. The molecule has 100 valence electrons. The fourth-order valence-corrected chi connectivity index (χ4v) is 1.89. The number of rotatable bonds is 4. The van der Waals surface area contributed by atoms with Crippen LogP contribution < -0.4 is 5.32 Å². The molecule has 0 aliphatic carbocycles. The van der Waals surface area contributed by atoms with Crippen LogP contribution in [0.25, 0.3) is 10.8 Å². The molecule has 0 spiro atoms. The lowest BCUT2D eigenvalue weighted by Gasteiger charge is -2.22. The van der Waals surface area contributed by atoms with Crippen molar-refractivity contribution in [3.05, 3.63) is 48.0 Å². The van der Waals surface area contributed by atoms with E-state index in [4.69, 9.17) is 0 Å². The van der Waals surface area contributed by atoms with Gasteiger partial charge < -0.3 is 10.4 Å². The topological polar surface area (TPSA) is 49.3 Å². The summed E-state index contributed by atoms with van der Waals surface area (Å²) in [6, 6.07) is 13.5. The molecule has 0 aliphatic heterocycles. The summed E-state index contributed by atoms with van der Waals surface area (Å²) in [7, 11) is 0. The molecule has 0 radical (unpaired) electrons. The molecule has 3 heteroatoms. The highest BCUT2D eigenvalue weighted by Gasteiger charge is 2.18. The van der Waals surface area contributed by atoms with E-state index in [1.54, 1.807) is 0 Å². The van der Waals surface area contributed by atoms with E-state index in [9.17, 15) is 9.90 Å². The zero-order valence-electron chi connectivity index (χ0n) is 11.3. The summed E-state index contributed by atoms with van der Waals surface area (Å²) in [4.78, 5) is 12.2. The molecule has 2 rings (SSSR count). The summed E-state index contributed by atoms with van der Waals surface area (Å²) >= 11 is 0. The molecule has 0 aromatic heterocycles. The van der Waals surface area contributed by atoms with Gasteiger partial charge in [0.1, 0.15) is 0 Å². The predicted molar refractivity (Wildman–Crippen MR) is 77.1 cm³/mol. The second-order valence-electron chi connectivity index (χ2n) is 5.53. The van der Waals surface area contributed by atoms with E-state index in [2.05, 4.69) is 5.32 Å². The van der Waals surface area contributed by atoms with Gasteiger partial charge in [-0.25, -0.2) is 0 Å². The number of carbonyl (C=O) groups is 1. The van der Waals surface area contributed by atoms with Gasteiger partial charge in [-0.05, 0) is 16.8 Å². The molecule has 2 aromatic rings. The second kappa shape index (κ2) is 5.41. The Morgan fingerprint density at radius 2 is 1.84 bits per heavy atom. The second-order valence-corrected chi connectivity index (χ2v) is 5.53. The van der Waals surface area contributed by atoms with Gasteiger partial charge in [-0.15, -0.1) is 0 Å². The highest BCUT2D eigenvalue weighted by molar-refractivity contribution is 6.06. The summed E-state index contributed by atoms with van der Waals surface area (Å²) in [5, 5.41) is 14.1. The first-order valence-corrected chi connectivity index (χ1v) is 6.40. The highest BCUT2D eigenvalue weighted by Crippen LogP contribution is 2.19. The van der Waals surface area contributed by atoms with Gasteiger partial charge in [-0.1, -0.05) is 50.2 Å². The molecule has 2 aromatic carbocycles. The third-order valence-corrected chi connectivity index (χ3v) is 3.19. The third kappa shape index (κ3) is 3.12. The Balaban J connectivity index is 2.23. The monoisotopic (exact) mass is 257 g/mol. The molecule has 2 N–H and O–H groups in total. The van der Waals surface area contributed by atoms with Crippen molar-refractivity contribution < 1.29 is 9.90 Å². The van der Waals surface area contributed by atoms with Gasteiger partial charge in [0.15, 0.2) is 0 Å². The van der Waals surface area contributed by atoms with Crippen LogP contribution in [0, 0.1) is 5.41 Å². The Kier molecular flexibility index (Phi) is 3.86. The predicted octanol–water partition coefficient (Wildman–Crippen LogP) is 2.59. The fourth-order valence-electron chi connectivity index (χ4n) is 1.89. The van der Waals surface area contributed by atoms with Gasteiger partial charge in [0.05, 0.1) is 0 Å².